The van der Waals surface area contributed by atoms with Crippen molar-refractivity contribution in [2.45, 2.75) is 13.5 Å². The highest BCUT2D eigenvalue weighted by molar-refractivity contribution is 6.04. The SMILES string of the molecule is C=CCn1c(C)c(C(=O)O)c2ccccc2c1=O. The summed E-state index contributed by atoms with van der Waals surface area (Å²) in [6.45, 7) is 5.53. The summed E-state index contributed by atoms with van der Waals surface area (Å²) in [4.78, 5) is 23.6. The zero-order chi connectivity index (χ0) is 13.3. The molecule has 1 aromatic heterocycles. The van der Waals surface area contributed by atoms with Gasteiger partial charge in [0.15, 0.2) is 0 Å². The van der Waals surface area contributed by atoms with E-state index in [9.17, 15) is 14.7 Å². The normalized spacial score (nSPS) is 10.5. The van der Waals surface area contributed by atoms with Crippen LogP contribution in [0.2, 0.25) is 0 Å². The van der Waals surface area contributed by atoms with Crippen LogP contribution in [-0.4, -0.2) is 15.6 Å². The third-order valence-corrected chi connectivity index (χ3v) is 2.96. The fourth-order valence-electron chi connectivity index (χ4n) is 2.13. The molecule has 0 amide bonds. The number of aromatic carboxylic acids is 1. The number of carbonyl (C=O) groups is 1. The smallest absolute Gasteiger partial charge is 0.338 e. The molecule has 1 N–H and O–H groups in total. The van der Waals surface area contributed by atoms with Crippen molar-refractivity contribution in [2.24, 2.45) is 0 Å². The molecule has 0 radical (unpaired) electrons. The number of nitrogens with zero attached hydrogens (tertiary/aromatic N) is 1. The van der Waals surface area contributed by atoms with Gasteiger partial charge < -0.3 is 9.67 Å². The number of pyridine rings is 1. The average molecular weight is 243 g/mol. The highest BCUT2D eigenvalue weighted by atomic mass is 16.4. The van der Waals surface area contributed by atoms with Crippen molar-refractivity contribution in [3.63, 3.8) is 0 Å². The van der Waals surface area contributed by atoms with Crippen molar-refractivity contribution in [2.75, 3.05) is 0 Å². The Bertz CT molecular complexity index is 698. The summed E-state index contributed by atoms with van der Waals surface area (Å²) in [6, 6.07) is 6.75. The third kappa shape index (κ3) is 1.72. The summed E-state index contributed by atoms with van der Waals surface area (Å²) in [7, 11) is 0. The molecule has 2 rings (SSSR count). The lowest BCUT2D eigenvalue weighted by Gasteiger charge is -2.13. The Morgan fingerprint density at radius 2 is 2.00 bits per heavy atom. The maximum Gasteiger partial charge on any atom is 0.338 e. The molecule has 0 unspecified atom stereocenters. The molecule has 0 aliphatic heterocycles. The summed E-state index contributed by atoms with van der Waals surface area (Å²) in [5.74, 6) is -1.03. The second-order valence-corrected chi connectivity index (χ2v) is 4.02. The summed E-state index contributed by atoms with van der Waals surface area (Å²) in [5.41, 5.74) is 0.436. The van der Waals surface area contributed by atoms with Gasteiger partial charge in [-0.2, -0.15) is 0 Å². The first-order valence-electron chi connectivity index (χ1n) is 5.54. The molecular weight excluding hydrogens is 230 g/mol. The number of carboxylic acid groups (broad SMARTS) is 1. The van der Waals surface area contributed by atoms with Gasteiger partial charge in [-0.3, -0.25) is 4.79 Å². The Balaban J connectivity index is 3.01. The highest BCUT2D eigenvalue weighted by Gasteiger charge is 2.17. The minimum absolute atomic E-state index is 0.173. The fraction of sp³-hybridized carbons (Fsp3) is 0.143. The van der Waals surface area contributed by atoms with Gasteiger partial charge in [0.25, 0.3) is 5.56 Å². The van der Waals surface area contributed by atoms with Crippen LogP contribution in [0.4, 0.5) is 0 Å². The van der Waals surface area contributed by atoms with Gasteiger partial charge in [-0.05, 0) is 13.0 Å². The second kappa shape index (κ2) is 4.49. The zero-order valence-electron chi connectivity index (χ0n) is 10.0. The first-order valence-corrected chi connectivity index (χ1v) is 5.54. The van der Waals surface area contributed by atoms with Crippen molar-refractivity contribution in [1.82, 2.24) is 4.57 Å². The van der Waals surface area contributed by atoms with Crippen LogP contribution in [0.25, 0.3) is 10.8 Å². The van der Waals surface area contributed by atoms with E-state index in [1.807, 2.05) is 0 Å². The summed E-state index contributed by atoms with van der Waals surface area (Å²) < 4.78 is 1.43. The number of hydrogen-bond acceptors (Lipinski definition) is 2. The van der Waals surface area contributed by atoms with Crippen molar-refractivity contribution in [3.8, 4) is 0 Å². The molecule has 0 aliphatic rings. The van der Waals surface area contributed by atoms with E-state index < -0.39 is 5.97 Å². The van der Waals surface area contributed by atoms with Crippen LogP contribution < -0.4 is 5.56 Å². The molecule has 0 saturated heterocycles. The van der Waals surface area contributed by atoms with E-state index in [1.165, 1.54) is 4.57 Å². The van der Waals surface area contributed by atoms with E-state index in [0.29, 0.717) is 23.0 Å². The van der Waals surface area contributed by atoms with Crippen molar-refractivity contribution in [1.29, 1.82) is 0 Å². The number of allylic oxidation sites excluding steroid dienone is 1. The molecule has 0 aliphatic carbocycles. The zero-order valence-corrected chi connectivity index (χ0v) is 10.0. The number of hydrogen-bond donors (Lipinski definition) is 1. The third-order valence-electron chi connectivity index (χ3n) is 2.96. The Labute approximate surface area is 104 Å². The van der Waals surface area contributed by atoms with E-state index in [0.717, 1.165) is 0 Å². The van der Waals surface area contributed by atoms with E-state index >= 15 is 0 Å². The van der Waals surface area contributed by atoms with Crippen molar-refractivity contribution in [3.05, 3.63) is 58.5 Å². The van der Waals surface area contributed by atoms with Crippen LogP contribution >= 0.6 is 0 Å². The molecule has 1 heterocycles. The predicted octanol–water partition coefficient (Wildman–Crippen LogP) is 2.19. The first kappa shape index (κ1) is 12.1. The van der Waals surface area contributed by atoms with E-state index in [1.54, 1.807) is 37.3 Å². The van der Waals surface area contributed by atoms with Gasteiger partial charge in [-0.15, -0.1) is 6.58 Å². The monoisotopic (exact) mass is 243 g/mol. The lowest BCUT2D eigenvalue weighted by atomic mass is 10.0. The summed E-state index contributed by atoms with van der Waals surface area (Å²) in [6.07, 6.45) is 1.58. The van der Waals surface area contributed by atoms with Gasteiger partial charge in [0, 0.05) is 23.0 Å². The van der Waals surface area contributed by atoms with Gasteiger partial charge in [0.1, 0.15) is 0 Å². The molecule has 0 fully saturated rings. The minimum atomic E-state index is -1.03. The fourth-order valence-corrected chi connectivity index (χ4v) is 2.13. The number of benzene rings is 1. The lowest BCUT2D eigenvalue weighted by molar-refractivity contribution is 0.0697. The number of fused-ring (bicyclic) bond motifs is 1. The van der Waals surface area contributed by atoms with Gasteiger partial charge in [0.05, 0.1) is 5.56 Å². The molecule has 2 aromatic rings. The van der Waals surface area contributed by atoms with Gasteiger partial charge in [-0.25, -0.2) is 4.79 Å². The number of carboxylic acids is 1. The Hall–Kier alpha value is -2.36. The Kier molecular flexibility index (Phi) is 3.02. The van der Waals surface area contributed by atoms with Gasteiger partial charge in [-0.1, -0.05) is 24.3 Å². The summed E-state index contributed by atoms with van der Waals surface area (Å²) in [5, 5.41) is 10.2. The molecule has 0 atom stereocenters. The van der Waals surface area contributed by atoms with E-state index in [4.69, 9.17) is 0 Å². The standard InChI is InChI=1S/C14H13NO3/c1-3-8-15-9(2)12(14(17)18)10-6-4-5-7-11(10)13(15)16/h3-7H,1,8H2,2H3,(H,17,18). The molecule has 1 aromatic carbocycles. The van der Waals surface area contributed by atoms with Crippen LogP contribution in [0, 0.1) is 6.92 Å². The van der Waals surface area contributed by atoms with Crippen LogP contribution in [0.3, 0.4) is 0 Å². The van der Waals surface area contributed by atoms with Crippen molar-refractivity contribution < 1.29 is 9.90 Å². The van der Waals surface area contributed by atoms with Crippen LogP contribution in [0.5, 0.6) is 0 Å². The Morgan fingerprint density at radius 1 is 1.39 bits per heavy atom. The van der Waals surface area contributed by atoms with E-state index in [-0.39, 0.29) is 11.1 Å². The maximum absolute atomic E-state index is 12.2. The second-order valence-electron chi connectivity index (χ2n) is 4.02. The lowest BCUT2D eigenvalue weighted by Crippen LogP contribution is -2.25. The maximum atomic E-state index is 12.2. The number of aromatic nitrogens is 1. The topological polar surface area (TPSA) is 59.3 Å². The predicted molar refractivity (Wildman–Crippen MR) is 70.1 cm³/mol. The van der Waals surface area contributed by atoms with Crippen LogP contribution in [0.1, 0.15) is 16.1 Å². The minimum Gasteiger partial charge on any atom is -0.478 e. The number of rotatable bonds is 3. The highest BCUT2D eigenvalue weighted by Crippen LogP contribution is 2.19. The van der Waals surface area contributed by atoms with Crippen molar-refractivity contribution >= 4 is 16.7 Å². The molecule has 18 heavy (non-hydrogen) atoms. The van der Waals surface area contributed by atoms with Gasteiger partial charge >= 0.3 is 5.97 Å². The first-order chi connectivity index (χ1) is 8.57. The molecule has 4 heteroatoms. The molecule has 4 nitrogen and oxygen atoms in total. The van der Waals surface area contributed by atoms with Gasteiger partial charge in [0.2, 0.25) is 0 Å². The average Bonchev–Trinajstić information content (AvgIpc) is 2.34. The molecular formula is C14H13NO3. The Morgan fingerprint density at radius 3 is 2.56 bits per heavy atom. The van der Waals surface area contributed by atoms with E-state index in [2.05, 4.69) is 6.58 Å². The quantitative estimate of drug-likeness (QED) is 0.841. The largest absolute Gasteiger partial charge is 0.478 e. The van der Waals surface area contributed by atoms with Crippen LogP contribution in [0.15, 0.2) is 41.7 Å². The van der Waals surface area contributed by atoms with Crippen LogP contribution in [-0.2, 0) is 6.54 Å². The summed E-state index contributed by atoms with van der Waals surface area (Å²) >= 11 is 0. The molecule has 0 spiro atoms. The molecule has 0 bridgehead atoms. The molecule has 0 saturated carbocycles. The molecule has 92 valence electrons.